The van der Waals surface area contributed by atoms with E-state index in [1.807, 2.05) is 25.8 Å². The standard InChI is InChI=1S/C13H25N3O2/c1-13(2,16-7-5-14-6-8-16)12(17)15(3)11-4-9-18-10-11/h11,14H,4-10H2,1-3H3. The molecule has 5 nitrogen and oxygen atoms in total. The van der Waals surface area contributed by atoms with E-state index in [0.717, 1.165) is 39.2 Å². The summed E-state index contributed by atoms with van der Waals surface area (Å²) in [7, 11) is 1.91. The topological polar surface area (TPSA) is 44.8 Å². The summed E-state index contributed by atoms with van der Waals surface area (Å²) in [5, 5.41) is 3.32. The summed E-state index contributed by atoms with van der Waals surface area (Å²) < 4.78 is 5.37. The molecule has 104 valence electrons. The van der Waals surface area contributed by atoms with Gasteiger partial charge in [-0.15, -0.1) is 0 Å². The van der Waals surface area contributed by atoms with Crippen LogP contribution < -0.4 is 5.32 Å². The molecule has 2 aliphatic heterocycles. The number of rotatable bonds is 3. The number of hydrogen-bond acceptors (Lipinski definition) is 4. The minimum absolute atomic E-state index is 0.208. The predicted molar refractivity (Wildman–Crippen MR) is 70.5 cm³/mol. The van der Waals surface area contributed by atoms with E-state index in [0.29, 0.717) is 6.61 Å². The number of piperazine rings is 1. The number of ether oxygens (including phenoxy) is 1. The van der Waals surface area contributed by atoms with Crippen molar-refractivity contribution in [2.24, 2.45) is 0 Å². The lowest BCUT2D eigenvalue weighted by molar-refractivity contribution is -0.144. The monoisotopic (exact) mass is 255 g/mol. The van der Waals surface area contributed by atoms with Crippen molar-refractivity contribution in [2.45, 2.75) is 31.8 Å². The first-order valence-electron chi connectivity index (χ1n) is 6.84. The van der Waals surface area contributed by atoms with Crippen LogP contribution in [-0.2, 0) is 9.53 Å². The average Bonchev–Trinajstić information content (AvgIpc) is 2.92. The maximum Gasteiger partial charge on any atom is 0.242 e. The molecule has 0 radical (unpaired) electrons. The van der Waals surface area contributed by atoms with E-state index in [-0.39, 0.29) is 11.9 Å². The van der Waals surface area contributed by atoms with Crippen molar-refractivity contribution < 1.29 is 9.53 Å². The molecule has 2 rings (SSSR count). The molecule has 18 heavy (non-hydrogen) atoms. The molecule has 0 aromatic carbocycles. The van der Waals surface area contributed by atoms with Gasteiger partial charge in [-0.05, 0) is 20.3 Å². The Morgan fingerprint density at radius 1 is 1.39 bits per heavy atom. The van der Waals surface area contributed by atoms with Crippen molar-refractivity contribution in [2.75, 3.05) is 46.4 Å². The second kappa shape index (κ2) is 5.55. The van der Waals surface area contributed by atoms with E-state index < -0.39 is 5.54 Å². The minimum Gasteiger partial charge on any atom is -0.379 e. The zero-order valence-electron chi connectivity index (χ0n) is 11.7. The molecule has 1 amide bonds. The van der Waals surface area contributed by atoms with E-state index in [1.165, 1.54) is 0 Å². The van der Waals surface area contributed by atoms with E-state index >= 15 is 0 Å². The number of hydrogen-bond donors (Lipinski definition) is 1. The van der Waals surface area contributed by atoms with E-state index in [4.69, 9.17) is 4.74 Å². The summed E-state index contributed by atoms with van der Waals surface area (Å²) in [6.07, 6.45) is 0.958. The van der Waals surface area contributed by atoms with Crippen LogP contribution in [0.3, 0.4) is 0 Å². The highest BCUT2D eigenvalue weighted by Crippen LogP contribution is 2.21. The van der Waals surface area contributed by atoms with Gasteiger partial charge >= 0.3 is 0 Å². The van der Waals surface area contributed by atoms with Crippen LogP contribution in [0.4, 0.5) is 0 Å². The van der Waals surface area contributed by atoms with E-state index in [9.17, 15) is 4.79 Å². The number of nitrogens with one attached hydrogen (secondary N) is 1. The summed E-state index contributed by atoms with van der Waals surface area (Å²) in [6.45, 7) is 9.33. The molecule has 1 atom stereocenters. The Morgan fingerprint density at radius 3 is 2.61 bits per heavy atom. The normalized spacial score (nSPS) is 26.3. The summed E-state index contributed by atoms with van der Waals surface area (Å²) in [4.78, 5) is 16.8. The second-order valence-electron chi connectivity index (χ2n) is 5.73. The highest BCUT2D eigenvalue weighted by atomic mass is 16.5. The lowest BCUT2D eigenvalue weighted by Crippen LogP contribution is -2.61. The number of carbonyl (C=O) groups excluding carboxylic acids is 1. The molecule has 0 spiro atoms. The third-order valence-corrected chi connectivity index (χ3v) is 4.20. The third-order valence-electron chi connectivity index (χ3n) is 4.20. The molecule has 1 N–H and O–H groups in total. The fourth-order valence-corrected chi connectivity index (χ4v) is 2.78. The van der Waals surface area contributed by atoms with Crippen LogP contribution in [0.15, 0.2) is 0 Å². The Kier molecular flexibility index (Phi) is 4.25. The SMILES string of the molecule is CN(C(=O)C(C)(C)N1CCNCC1)C1CCOC1. The molecule has 1 unspecified atom stereocenters. The highest BCUT2D eigenvalue weighted by Gasteiger charge is 2.39. The zero-order chi connectivity index (χ0) is 13.2. The van der Waals surface area contributed by atoms with Crippen LogP contribution in [0, 0.1) is 0 Å². The van der Waals surface area contributed by atoms with Gasteiger partial charge in [0.15, 0.2) is 0 Å². The molecule has 0 saturated carbocycles. The van der Waals surface area contributed by atoms with Crippen molar-refractivity contribution in [3.8, 4) is 0 Å². The first kappa shape index (κ1) is 13.8. The number of nitrogens with zero attached hydrogens (tertiary/aromatic N) is 2. The first-order chi connectivity index (χ1) is 8.53. The molecule has 2 heterocycles. The van der Waals surface area contributed by atoms with Crippen molar-refractivity contribution in [1.82, 2.24) is 15.1 Å². The van der Waals surface area contributed by atoms with Gasteiger partial charge in [0, 0.05) is 39.8 Å². The van der Waals surface area contributed by atoms with E-state index in [2.05, 4.69) is 10.2 Å². The summed E-state index contributed by atoms with van der Waals surface area (Å²) in [5.41, 5.74) is -0.417. The molecular weight excluding hydrogens is 230 g/mol. The number of carbonyl (C=O) groups is 1. The lowest BCUT2D eigenvalue weighted by atomic mass is 9.98. The van der Waals surface area contributed by atoms with Crippen molar-refractivity contribution >= 4 is 5.91 Å². The quantitative estimate of drug-likeness (QED) is 0.766. The molecular formula is C13H25N3O2. The first-order valence-corrected chi connectivity index (χ1v) is 6.84. The van der Waals surface area contributed by atoms with Crippen LogP contribution in [0.2, 0.25) is 0 Å². The van der Waals surface area contributed by atoms with Gasteiger partial charge in [-0.2, -0.15) is 0 Å². The number of likely N-dealkylation sites (N-methyl/N-ethyl adjacent to an activating group) is 1. The van der Waals surface area contributed by atoms with Gasteiger partial charge in [0.05, 0.1) is 18.2 Å². The Bertz CT molecular complexity index is 295. The third kappa shape index (κ3) is 2.68. The Morgan fingerprint density at radius 2 is 2.06 bits per heavy atom. The van der Waals surface area contributed by atoms with Crippen LogP contribution >= 0.6 is 0 Å². The van der Waals surface area contributed by atoms with Crippen molar-refractivity contribution in [1.29, 1.82) is 0 Å². The average molecular weight is 255 g/mol. The highest BCUT2D eigenvalue weighted by molar-refractivity contribution is 5.85. The molecule has 0 aliphatic carbocycles. The molecule has 0 aromatic rings. The summed E-state index contributed by atoms with van der Waals surface area (Å²) >= 11 is 0. The minimum atomic E-state index is -0.417. The number of amides is 1. The van der Waals surface area contributed by atoms with E-state index in [1.54, 1.807) is 0 Å². The van der Waals surface area contributed by atoms with Gasteiger partial charge in [-0.3, -0.25) is 9.69 Å². The largest absolute Gasteiger partial charge is 0.379 e. The summed E-state index contributed by atoms with van der Waals surface area (Å²) in [6, 6.07) is 0.250. The Hall–Kier alpha value is -0.650. The van der Waals surface area contributed by atoms with Crippen LogP contribution in [0.1, 0.15) is 20.3 Å². The van der Waals surface area contributed by atoms with Gasteiger partial charge in [-0.1, -0.05) is 0 Å². The molecule has 2 saturated heterocycles. The van der Waals surface area contributed by atoms with Crippen molar-refractivity contribution in [3.63, 3.8) is 0 Å². The molecule has 0 aromatic heterocycles. The maximum atomic E-state index is 12.7. The molecule has 0 bridgehead atoms. The fraction of sp³-hybridized carbons (Fsp3) is 0.923. The van der Waals surface area contributed by atoms with Gasteiger partial charge < -0.3 is 15.0 Å². The molecule has 5 heteroatoms. The van der Waals surface area contributed by atoms with Crippen LogP contribution in [0.25, 0.3) is 0 Å². The summed E-state index contributed by atoms with van der Waals surface area (Å²) in [5.74, 6) is 0.208. The van der Waals surface area contributed by atoms with Crippen molar-refractivity contribution in [3.05, 3.63) is 0 Å². The Balaban J connectivity index is 2.00. The smallest absolute Gasteiger partial charge is 0.242 e. The predicted octanol–water partition coefficient (Wildman–Crippen LogP) is -0.0825. The molecule has 2 fully saturated rings. The van der Waals surface area contributed by atoms with Crippen LogP contribution in [0.5, 0.6) is 0 Å². The fourth-order valence-electron chi connectivity index (χ4n) is 2.78. The van der Waals surface area contributed by atoms with Gasteiger partial charge in [0.25, 0.3) is 0 Å². The van der Waals surface area contributed by atoms with Gasteiger partial charge in [0.1, 0.15) is 0 Å². The second-order valence-corrected chi connectivity index (χ2v) is 5.73. The van der Waals surface area contributed by atoms with Gasteiger partial charge in [0.2, 0.25) is 5.91 Å². The zero-order valence-corrected chi connectivity index (χ0v) is 11.7. The maximum absolute atomic E-state index is 12.7. The Labute approximate surface area is 109 Å². The lowest BCUT2D eigenvalue weighted by Gasteiger charge is -2.42. The van der Waals surface area contributed by atoms with Crippen LogP contribution in [-0.4, -0.2) is 73.7 Å². The van der Waals surface area contributed by atoms with Gasteiger partial charge in [-0.25, -0.2) is 0 Å². The molecule has 2 aliphatic rings.